The number of ether oxygens (including phenoxy) is 1. The largest absolute Gasteiger partial charge is 0.491 e. The van der Waals surface area contributed by atoms with Gasteiger partial charge < -0.3 is 9.84 Å². The smallest absolute Gasteiger partial charge is 0.124 e. The van der Waals surface area contributed by atoms with Crippen molar-refractivity contribution < 1.29 is 9.84 Å². The summed E-state index contributed by atoms with van der Waals surface area (Å²) < 4.78 is 7.06. The van der Waals surface area contributed by atoms with Gasteiger partial charge in [-0.1, -0.05) is 42.5 Å². The molecule has 0 aliphatic carbocycles. The van der Waals surface area contributed by atoms with Crippen molar-refractivity contribution in [3.8, 4) is 22.0 Å². The number of piperazine rings is 1. The fourth-order valence-electron chi connectivity index (χ4n) is 4.85. The molecule has 39 heavy (non-hydrogen) atoms. The topological polar surface area (TPSA) is 79.5 Å². The van der Waals surface area contributed by atoms with E-state index in [0.29, 0.717) is 6.54 Å². The van der Waals surface area contributed by atoms with Gasteiger partial charge in [-0.25, -0.2) is 4.98 Å². The van der Waals surface area contributed by atoms with Crippen LogP contribution in [0.1, 0.15) is 11.3 Å². The second kappa shape index (κ2) is 11.6. The van der Waals surface area contributed by atoms with Crippen LogP contribution in [0.3, 0.4) is 0 Å². The normalized spacial score (nSPS) is 15.5. The molecule has 2 aromatic heterocycles. The number of rotatable bonds is 9. The third kappa shape index (κ3) is 6.34. The van der Waals surface area contributed by atoms with Gasteiger partial charge in [-0.2, -0.15) is 15.0 Å². The van der Waals surface area contributed by atoms with Gasteiger partial charge in [0, 0.05) is 50.9 Å². The van der Waals surface area contributed by atoms with Gasteiger partial charge in [0.25, 0.3) is 0 Å². The minimum Gasteiger partial charge on any atom is -0.491 e. The van der Waals surface area contributed by atoms with Crippen molar-refractivity contribution in [2.45, 2.75) is 19.6 Å². The fraction of sp³-hybridized carbons (Fsp3) is 0.300. The summed E-state index contributed by atoms with van der Waals surface area (Å²) in [6, 6.07) is 24.3. The lowest BCUT2D eigenvalue weighted by atomic mass is 10.2. The Hall–Kier alpha value is -3.63. The number of aliphatic hydroxyl groups is 1. The first-order valence-corrected chi connectivity index (χ1v) is 14.1. The maximum atomic E-state index is 10.6. The van der Waals surface area contributed by atoms with Crippen molar-refractivity contribution in [3.63, 3.8) is 0 Å². The van der Waals surface area contributed by atoms with Gasteiger partial charge in [-0.3, -0.25) is 9.80 Å². The van der Waals surface area contributed by atoms with Gasteiger partial charge in [-0.05, 0) is 36.8 Å². The summed E-state index contributed by atoms with van der Waals surface area (Å²) in [6.45, 7) is 7.34. The molecule has 1 aliphatic heterocycles. The summed E-state index contributed by atoms with van der Waals surface area (Å²) in [5.41, 5.74) is 5.16. The van der Waals surface area contributed by atoms with Crippen LogP contribution < -0.4 is 4.74 Å². The van der Waals surface area contributed by atoms with Gasteiger partial charge in [0.1, 0.15) is 23.5 Å². The van der Waals surface area contributed by atoms with E-state index >= 15 is 0 Å². The van der Waals surface area contributed by atoms with Crippen LogP contribution in [0.25, 0.3) is 26.5 Å². The maximum absolute atomic E-state index is 10.6. The number of fused-ring (bicyclic) bond motifs is 1. The number of nitrogens with zero attached hydrogens (tertiary/aromatic N) is 6. The Labute approximate surface area is 232 Å². The van der Waals surface area contributed by atoms with Gasteiger partial charge in [0.15, 0.2) is 0 Å². The lowest BCUT2D eigenvalue weighted by Crippen LogP contribution is -2.48. The monoisotopic (exact) mass is 540 g/mol. The minimum absolute atomic E-state index is 0.253. The highest BCUT2D eigenvalue weighted by Crippen LogP contribution is 2.32. The zero-order chi connectivity index (χ0) is 26.6. The molecule has 0 radical (unpaired) electrons. The van der Waals surface area contributed by atoms with Crippen LogP contribution in [0, 0.1) is 6.92 Å². The number of aryl methyl sites for hydroxylation is 1. The Kier molecular flexibility index (Phi) is 7.64. The van der Waals surface area contributed by atoms with Crippen molar-refractivity contribution in [2.24, 2.45) is 0 Å². The van der Waals surface area contributed by atoms with Gasteiger partial charge in [0.2, 0.25) is 0 Å². The molecule has 1 aliphatic rings. The number of thiazole rings is 1. The molecule has 3 aromatic carbocycles. The Morgan fingerprint density at radius 1 is 0.949 bits per heavy atom. The number of hydrogen-bond donors (Lipinski definition) is 1. The van der Waals surface area contributed by atoms with Crippen LogP contribution in [-0.2, 0) is 6.54 Å². The standard InChI is InChI=1S/C30H32N6O2S/c1-22-6-5-9-25(16-22)36-31-18-24(33-36)19-34-12-14-35(15-13-34)20-26(37)21-38-27-10-11-29-28(17-27)32-30(39-29)23-7-3-2-4-8-23/h2-11,16-18,26,37H,12-15,19-21H2,1H3/t26-/m0/s1. The number of β-amino-alcohol motifs (C(OH)–C–C–N with tert-alkyl or cyclic N) is 1. The first-order chi connectivity index (χ1) is 19.1. The molecule has 6 rings (SSSR count). The molecule has 1 N–H and O–H groups in total. The summed E-state index contributed by atoms with van der Waals surface area (Å²) in [4.78, 5) is 11.2. The SMILES string of the molecule is Cc1cccc(-n2ncc(CN3CCN(C[C@H](O)COc4ccc5sc(-c6ccccc6)nc5c4)CC3)n2)c1. The van der Waals surface area contributed by atoms with E-state index < -0.39 is 6.10 Å². The van der Waals surface area contributed by atoms with Crippen molar-refractivity contribution >= 4 is 21.6 Å². The van der Waals surface area contributed by atoms with E-state index in [0.717, 1.165) is 70.6 Å². The van der Waals surface area contributed by atoms with Gasteiger partial charge in [-0.15, -0.1) is 11.3 Å². The lowest BCUT2D eigenvalue weighted by molar-refractivity contribution is 0.0444. The average molecular weight is 541 g/mol. The molecule has 1 saturated heterocycles. The molecule has 1 atom stereocenters. The van der Waals surface area contributed by atoms with E-state index in [1.54, 1.807) is 16.1 Å². The Morgan fingerprint density at radius 3 is 2.59 bits per heavy atom. The molecule has 3 heterocycles. The second-order valence-corrected chi connectivity index (χ2v) is 11.1. The van der Waals surface area contributed by atoms with Crippen LogP contribution in [0.15, 0.2) is 79.0 Å². The molecule has 0 amide bonds. The van der Waals surface area contributed by atoms with Crippen molar-refractivity contribution in [1.82, 2.24) is 29.8 Å². The van der Waals surface area contributed by atoms with Crippen LogP contribution in [0.2, 0.25) is 0 Å². The third-order valence-corrected chi connectivity index (χ3v) is 8.00. The van der Waals surface area contributed by atoms with Crippen molar-refractivity contribution in [1.29, 1.82) is 0 Å². The van der Waals surface area contributed by atoms with Gasteiger partial charge in [0.05, 0.1) is 27.8 Å². The third-order valence-electron chi connectivity index (χ3n) is 6.91. The number of hydrogen-bond acceptors (Lipinski definition) is 8. The summed E-state index contributed by atoms with van der Waals surface area (Å²) in [5, 5.41) is 20.7. The van der Waals surface area contributed by atoms with E-state index in [2.05, 4.69) is 51.2 Å². The Morgan fingerprint density at radius 2 is 1.77 bits per heavy atom. The van der Waals surface area contributed by atoms with Crippen LogP contribution in [0.5, 0.6) is 5.75 Å². The molecular formula is C30H32N6O2S. The zero-order valence-corrected chi connectivity index (χ0v) is 22.8. The average Bonchev–Trinajstić information content (AvgIpc) is 3.61. The fourth-order valence-corrected chi connectivity index (χ4v) is 5.80. The molecule has 200 valence electrons. The van der Waals surface area contributed by atoms with Crippen LogP contribution in [0.4, 0.5) is 0 Å². The lowest BCUT2D eigenvalue weighted by Gasteiger charge is -2.35. The highest BCUT2D eigenvalue weighted by Gasteiger charge is 2.20. The first kappa shape index (κ1) is 25.6. The summed E-state index contributed by atoms with van der Waals surface area (Å²) in [5.74, 6) is 0.731. The number of aliphatic hydroxyl groups excluding tert-OH is 1. The molecule has 1 fully saturated rings. The Balaban J connectivity index is 0.959. The highest BCUT2D eigenvalue weighted by molar-refractivity contribution is 7.21. The summed E-state index contributed by atoms with van der Waals surface area (Å²) in [7, 11) is 0. The maximum Gasteiger partial charge on any atom is 0.124 e. The molecule has 5 aromatic rings. The van der Waals surface area contributed by atoms with Gasteiger partial charge >= 0.3 is 0 Å². The van der Waals surface area contributed by atoms with Crippen LogP contribution >= 0.6 is 11.3 Å². The highest BCUT2D eigenvalue weighted by atomic mass is 32.1. The first-order valence-electron chi connectivity index (χ1n) is 13.3. The second-order valence-electron chi connectivity index (χ2n) is 10.0. The molecule has 8 nitrogen and oxygen atoms in total. The molecular weight excluding hydrogens is 508 g/mol. The van der Waals surface area contributed by atoms with E-state index in [9.17, 15) is 5.11 Å². The summed E-state index contributed by atoms with van der Waals surface area (Å²) in [6.07, 6.45) is 1.29. The van der Waals surface area contributed by atoms with E-state index in [-0.39, 0.29) is 6.61 Å². The Bertz CT molecular complexity index is 1530. The quantitative estimate of drug-likeness (QED) is 0.297. The van der Waals surface area contributed by atoms with E-state index in [1.165, 1.54) is 5.56 Å². The van der Waals surface area contributed by atoms with Crippen molar-refractivity contribution in [2.75, 3.05) is 39.3 Å². The molecule has 0 unspecified atom stereocenters. The predicted octanol–water partition coefficient (Wildman–Crippen LogP) is 4.41. The molecule has 0 bridgehead atoms. The van der Waals surface area contributed by atoms with Crippen LogP contribution in [-0.4, -0.2) is 80.3 Å². The van der Waals surface area contributed by atoms with E-state index in [4.69, 9.17) is 9.72 Å². The van der Waals surface area contributed by atoms with E-state index in [1.807, 2.05) is 54.7 Å². The number of benzene rings is 3. The zero-order valence-electron chi connectivity index (χ0n) is 22.0. The minimum atomic E-state index is -0.559. The molecule has 0 saturated carbocycles. The number of aromatic nitrogens is 4. The van der Waals surface area contributed by atoms with Crippen molar-refractivity contribution in [3.05, 3.63) is 90.3 Å². The summed E-state index contributed by atoms with van der Waals surface area (Å²) >= 11 is 1.67. The molecule has 9 heteroatoms. The molecule has 0 spiro atoms. The predicted molar refractivity (Wildman–Crippen MR) is 154 cm³/mol.